The highest BCUT2D eigenvalue weighted by Gasteiger charge is 2.19. The molecule has 0 heterocycles. The molecule has 68 heavy (non-hydrogen) atoms. The molecule has 1 unspecified atom stereocenters. The monoisotopic (exact) mass is 947 g/mol. The summed E-state index contributed by atoms with van der Waals surface area (Å²) in [5.74, 6) is -0.945. The molecule has 0 fully saturated rings. The summed E-state index contributed by atoms with van der Waals surface area (Å²) < 4.78 is 16.8. The molecule has 1 atom stereocenters. The second kappa shape index (κ2) is 56.2. The number of carbonyl (C=O) groups excluding carboxylic acids is 3. The number of hydrogen-bond acceptors (Lipinski definition) is 6. The minimum atomic E-state index is -0.796. The van der Waals surface area contributed by atoms with E-state index in [1.165, 1.54) is 135 Å². The van der Waals surface area contributed by atoms with Crippen LogP contribution in [0.25, 0.3) is 0 Å². The van der Waals surface area contributed by atoms with Crippen LogP contribution in [0, 0.1) is 0 Å². The van der Waals surface area contributed by atoms with Gasteiger partial charge in [-0.05, 0) is 70.6 Å². The molecule has 0 aliphatic rings. The fourth-order valence-corrected chi connectivity index (χ4v) is 7.90. The Morgan fingerprint density at radius 2 is 0.574 bits per heavy atom. The number of unbranched alkanes of at least 4 members (excludes halogenated alkanes) is 26. The third-order valence-electron chi connectivity index (χ3n) is 12.2. The molecule has 0 aromatic heterocycles. The van der Waals surface area contributed by atoms with E-state index in [0.717, 1.165) is 89.9 Å². The molecule has 390 valence electrons. The summed E-state index contributed by atoms with van der Waals surface area (Å²) in [7, 11) is 0. The molecule has 0 aromatic carbocycles. The average Bonchev–Trinajstić information content (AvgIpc) is 3.34. The largest absolute Gasteiger partial charge is 0.462 e. The van der Waals surface area contributed by atoms with E-state index in [2.05, 4.69) is 106 Å². The normalized spacial score (nSPS) is 12.7. The Labute approximate surface area is 420 Å². The lowest BCUT2D eigenvalue weighted by Gasteiger charge is -2.18. The third kappa shape index (κ3) is 53.5. The number of hydrogen-bond donors (Lipinski definition) is 0. The highest BCUT2D eigenvalue weighted by atomic mass is 16.6. The van der Waals surface area contributed by atoms with Gasteiger partial charge in [0.1, 0.15) is 13.2 Å². The molecule has 0 amide bonds. The van der Waals surface area contributed by atoms with Gasteiger partial charge in [-0.25, -0.2) is 0 Å². The second-order valence-electron chi connectivity index (χ2n) is 18.8. The van der Waals surface area contributed by atoms with Crippen LogP contribution in [0.2, 0.25) is 0 Å². The van der Waals surface area contributed by atoms with Gasteiger partial charge in [0.05, 0.1) is 0 Å². The van der Waals surface area contributed by atoms with E-state index in [-0.39, 0.29) is 37.5 Å². The van der Waals surface area contributed by atoms with E-state index in [1.807, 2.05) is 0 Å². The van der Waals surface area contributed by atoms with Crippen molar-refractivity contribution in [3.05, 3.63) is 85.1 Å². The van der Waals surface area contributed by atoms with Crippen molar-refractivity contribution in [3.8, 4) is 0 Å². The fraction of sp³-hybridized carbons (Fsp3) is 0.726. The van der Waals surface area contributed by atoms with Gasteiger partial charge in [0.2, 0.25) is 0 Å². The summed E-state index contributed by atoms with van der Waals surface area (Å²) in [5, 5.41) is 0. The molecule has 0 saturated carbocycles. The van der Waals surface area contributed by atoms with Crippen molar-refractivity contribution < 1.29 is 28.6 Å². The van der Waals surface area contributed by atoms with Gasteiger partial charge >= 0.3 is 17.9 Å². The summed E-state index contributed by atoms with van der Waals surface area (Å²) in [6.45, 7) is 6.49. The highest BCUT2D eigenvalue weighted by Crippen LogP contribution is 2.16. The lowest BCUT2D eigenvalue weighted by Crippen LogP contribution is -2.30. The van der Waals surface area contributed by atoms with Gasteiger partial charge in [-0.3, -0.25) is 14.4 Å². The molecular weight excluding hydrogens is 841 g/mol. The van der Waals surface area contributed by atoms with E-state index in [0.29, 0.717) is 19.3 Å². The van der Waals surface area contributed by atoms with E-state index < -0.39 is 6.10 Å². The first-order valence-corrected chi connectivity index (χ1v) is 28.6. The van der Waals surface area contributed by atoms with Crippen LogP contribution in [0.5, 0.6) is 0 Å². The van der Waals surface area contributed by atoms with E-state index in [4.69, 9.17) is 14.2 Å². The summed E-state index contributed by atoms with van der Waals surface area (Å²) in [6, 6.07) is 0. The molecule has 0 aliphatic carbocycles. The van der Waals surface area contributed by atoms with Crippen LogP contribution in [0.3, 0.4) is 0 Å². The topological polar surface area (TPSA) is 78.9 Å². The van der Waals surface area contributed by atoms with E-state index in [1.54, 1.807) is 0 Å². The summed E-state index contributed by atoms with van der Waals surface area (Å²) in [6.07, 6.45) is 72.9. The standard InChI is InChI=1S/C62H106O6/c1-4-7-10-13-16-19-22-25-27-28-29-30-31-32-33-34-36-37-40-43-46-49-52-55-61(64)67-58-59(57-66-60(63)54-51-48-45-42-39-24-21-18-15-12-9-6-3)68-62(65)56-53-50-47-44-41-38-35-26-23-20-17-14-11-8-5-2/h7,10,16,19,25,27,29-30,32-33,36-37,43,46,59H,4-6,8-9,11-15,17-18,20-24,26,28,31,34-35,38-42,44-45,47-58H2,1-3H3/b10-7-,19-16-,27-25-,30-29-,33-32-,37-36-,46-43-. The molecule has 0 radical (unpaired) electrons. The van der Waals surface area contributed by atoms with Gasteiger partial charge in [-0.1, -0.05) is 266 Å². The zero-order valence-electron chi connectivity index (χ0n) is 44.6. The first kappa shape index (κ1) is 64.6. The van der Waals surface area contributed by atoms with Crippen LogP contribution in [0.1, 0.15) is 271 Å². The van der Waals surface area contributed by atoms with Gasteiger partial charge in [0.25, 0.3) is 0 Å². The van der Waals surface area contributed by atoms with Crippen molar-refractivity contribution in [1.29, 1.82) is 0 Å². The molecule has 0 rings (SSSR count). The quantitative estimate of drug-likeness (QED) is 0.0262. The van der Waals surface area contributed by atoms with Gasteiger partial charge in [-0.2, -0.15) is 0 Å². The number of ether oxygens (including phenoxy) is 3. The van der Waals surface area contributed by atoms with Crippen molar-refractivity contribution in [2.24, 2.45) is 0 Å². The van der Waals surface area contributed by atoms with Crippen LogP contribution >= 0.6 is 0 Å². The maximum atomic E-state index is 12.8. The molecule has 0 aliphatic heterocycles. The van der Waals surface area contributed by atoms with Crippen LogP contribution in [0.4, 0.5) is 0 Å². The summed E-state index contributed by atoms with van der Waals surface area (Å²) in [4.78, 5) is 38.1. The third-order valence-corrected chi connectivity index (χ3v) is 12.2. The van der Waals surface area contributed by atoms with E-state index >= 15 is 0 Å². The molecule has 0 bridgehead atoms. The lowest BCUT2D eigenvalue weighted by molar-refractivity contribution is -0.167. The van der Waals surface area contributed by atoms with Crippen molar-refractivity contribution in [2.45, 2.75) is 277 Å². The Morgan fingerprint density at radius 3 is 0.897 bits per heavy atom. The SMILES string of the molecule is CC/C=C\C/C=C\C/C=C\C/C=C\C/C=C\C/C=C\C/C=C\CCCC(=O)OCC(COC(=O)CCCCCCCCCCCCCC)OC(=O)CCCCCCCCCCCCCCCCC. The minimum absolute atomic E-state index is 0.0910. The molecule has 0 spiro atoms. The maximum Gasteiger partial charge on any atom is 0.306 e. The molecule has 0 N–H and O–H groups in total. The smallest absolute Gasteiger partial charge is 0.306 e. The Balaban J connectivity index is 4.43. The Hall–Kier alpha value is -3.41. The number of carbonyl (C=O) groups is 3. The highest BCUT2D eigenvalue weighted by molar-refractivity contribution is 5.71. The van der Waals surface area contributed by atoms with Crippen molar-refractivity contribution in [1.82, 2.24) is 0 Å². The van der Waals surface area contributed by atoms with E-state index in [9.17, 15) is 14.4 Å². The predicted molar refractivity (Wildman–Crippen MR) is 293 cm³/mol. The number of rotatable bonds is 51. The molecule has 0 aromatic rings. The molecule has 6 nitrogen and oxygen atoms in total. The van der Waals surface area contributed by atoms with Crippen LogP contribution in [-0.2, 0) is 28.6 Å². The van der Waals surface area contributed by atoms with Gasteiger partial charge in [0.15, 0.2) is 6.10 Å². The Bertz CT molecular complexity index is 1320. The summed E-state index contributed by atoms with van der Waals surface area (Å²) in [5.41, 5.74) is 0. The number of allylic oxidation sites excluding steroid dienone is 14. The van der Waals surface area contributed by atoms with Crippen molar-refractivity contribution in [3.63, 3.8) is 0 Å². The first-order chi connectivity index (χ1) is 33.5. The predicted octanol–water partition coefficient (Wildman–Crippen LogP) is 19.2. The molecule has 0 saturated heterocycles. The van der Waals surface area contributed by atoms with Gasteiger partial charge in [-0.15, -0.1) is 0 Å². The fourth-order valence-electron chi connectivity index (χ4n) is 7.90. The molecule has 6 heteroatoms. The summed E-state index contributed by atoms with van der Waals surface area (Å²) >= 11 is 0. The van der Waals surface area contributed by atoms with Crippen molar-refractivity contribution in [2.75, 3.05) is 13.2 Å². The van der Waals surface area contributed by atoms with Crippen LogP contribution < -0.4 is 0 Å². The molecular formula is C62H106O6. The average molecular weight is 948 g/mol. The van der Waals surface area contributed by atoms with Gasteiger partial charge < -0.3 is 14.2 Å². The van der Waals surface area contributed by atoms with Crippen LogP contribution in [-0.4, -0.2) is 37.2 Å². The van der Waals surface area contributed by atoms with Crippen LogP contribution in [0.15, 0.2) is 85.1 Å². The Kier molecular flexibility index (Phi) is 53.4. The first-order valence-electron chi connectivity index (χ1n) is 28.6. The van der Waals surface area contributed by atoms with Gasteiger partial charge in [0, 0.05) is 19.3 Å². The zero-order valence-corrected chi connectivity index (χ0v) is 44.6. The second-order valence-corrected chi connectivity index (χ2v) is 18.8. The minimum Gasteiger partial charge on any atom is -0.462 e. The zero-order chi connectivity index (χ0) is 49.3. The number of esters is 3. The van der Waals surface area contributed by atoms with Crippen molar-refractivity contribution >= 4 is 17.9 Å². The Morgan fingerprint density at radius 1 is 0.309 bits per heavy atom. The maximum absolute atomic E-state index is 12.8. The lowest BCUT2D eigenvalue weighted by atomic mass is 10.0.